The molecule has 1 rings (SSSR count). The van der Waals surface area contributed by atoms with Crippen LogP contribution in [0.4, 0.5) is 10.5 Å². The number of primary amides is 1. The number of aliphatic carboxylic acids is 1. The minimum atomic E-state index is -1.25. The standard InChI is InChI=1S/C12H13BrClN3O4/c13-7-2-1-6(5-8(7)14)16-12(21)17-9(11(19)20)3-4-10(15)18/h1-2,5,9H,3-4H2,(H2,15,18)(H,19,20)(H2,16,17,21). The fourth-order valence-electron chi connectivity index (χ4n) is 1.44. The van der Waals surface area contributed by atoms with Gasteiger partial charge in [-0.25, -0.2) is 9.59 Å². The van der Waals surface area contributed by atoms with Gasteiger partial charge < -0.3 is 21.5 Å². The van der Waals surface area contributed by atoms with E-state index in [1.165, 1.54) is 6.07 Å². The third-order valence-corrected chi connectivity index (χ3v) is 3.69. The first-order valence-electron chi connectivity index (χ1n) is 5.83. The lowest BCUT2D eigenvalue weighted by atomic mass is 10.1. The number of carboxylic acids is 1. The van der Waals surface area contributed by atoms with Crippen molar-refractivity contribution in [3.8, 4) is 0 Å². The highest BCUT2D eigenvalue weighted by Crippen LogP contribution is 2.25. The number of halogens is 2. The number of hydrogen-bond acceptors (Lipinski definition) is 3. The number of hydrogen-bond donors (Lipinski definition) is 4. The Morgan fingerprint density at radius 1 is 1.38 bits per heavy atom. The van der Waals surface area contributed by atoms with Gasteiger partial charge in [0.2, 0.25) is 5.91 Å². The van der Waals surface area contributed by atoms with Crippen LogP contribution in [-0.2, 0) is 9.59 Å². The maximum absolute atomic E-state index is 11.7. The van der Waals surface area contributed by atoms with Crippen LogP contribution >= 0.6 is 27.5 Å². The predicted molar refractivity (Wildman–Crippen MR) is 81.2 cm³/mol. The molecule has 0 aliphatic rings. The van der Waals surface area contributed by atoms with Crippen molar-refractivity contribution in [1.29, 1.82) is 0 Å². The molecule has 0 heterocycles. The molecule has 9 heteroatoms. The van der Waals surface area contributed by atoms with Gasteiger partial charge in [0.1, 0.15) is 6.04 Å². The molecule has 1 atom stereocenters. The molecule has 0 aliphatic carbocycles. The Morgan fingerprint density at radius 3 is 2.57 bits per heavy atom. The molecule has 0 spiro atoms. The average Bonchev–Trinajstić information content (AvgIpc) is 2.38. The summed E-state index contributed by atoms with van der Waals surface area (Å²) in [5, 5.41) is 14.0. The van der Waals surface area contributed by atoms with Crippen LogP contribution in [0.3, 0.4) is 0 Å². The zero-order chi connectivity index (χ0) is 16.0. The third kappa shape index (κ3) is 6.01. The summed E-state index contributed by atoms with van der Waals surface area (Å²) >= 11 is 9.08. The minimum absolute atomic E-state index is 0.0841. The van der Waals surface area contributed by atoms with E-state index in [1.54, 1.807) is 12.1 Å². The van der Waals surface area contributed by atoms with E-state index in [9.17, 15) is 14.4 Å². The molecule has 1 aromatic rings. The van der Waals surface area contributed by atoms with E-state index in [-0.39, 0.29) is 12.8 Å². The summed E-state index contributed by atoms with van der Waals surface area (Å²) < 4.78 is 0.667. The lowest BCUT2D eigenvalue weighted by Gasteiger charge is -2.14. The third-order valence-electron chi connectivity index (χ3n) is 2.46. The highest BCUT2D eigenvalue weighted by Gasteiger charge is 2.20. The van der Waals surface area contributed by atoms with Crippen molar-refractivity contribution in [3.63, 3.8) is 0 Å². The SMILES string of the molecule is NC(=O)CCC(NC(=O)Nc1ccc(Br)c(Cl)c1)C(=O)O. The van der Waals surface area contributed by atoms with Gasteiger partial charge in [-0.1, -0.05) is 11.6 Å². The number of amides is 3. The summed E-state index contributed by atoms with van der Waals surface area (Å²) in [6.45, 7) is 0. The molecule has 0 fully saturated rings. The number of benzene rings is 1. The van der Waals surface area contributed by atoms with Crippen LogP contribution < -0.4 is 16.4 Å². The van der Waals surface area contributed by atoms with E-state index >= 15 is 0 Å². The summed E-state index contributed by atoms with van der Waals surface area (Å²) in [7, 11) is 0. The summed E-state index contributed by atoms with van der Waals surface area (Å²) in [5.41, 5.74) is 5.35. The van der Waals surface area contributed by atoms with Gasteiger partial charge in [0.15, 0.2) is 0 Å². The first-order valence-corrected chi connectivity index (χ1v) is 7.00. The molecule has 1 aromatic carbocycles. The molecule has 114 valence electrons. The van der Waals surface area contributed by atoms with Crippen LogP contribution in [0.25, 0.3) is 0 Å². The van der Waals surface area contributed by atoms with Crippen molar-refractivity contribution in [1.82, 2.24) is 5.32 Å². The first-order chi connectivity index (χ1) is 9.79. The van der Waals surface area contributed by atoms with E-state index in [0.717, 1.165) is 0 Å². The zero-order valence-corrected chi connectivity index (χ0v) is 13.1. The van der Waals surface area contributed by atoms with Crippen LogP contribution in [-0.4, -0.2) is 29.1 Å². The average molecular weight is 379 g/mol. The van der Waals surface area contributed by atoms with E-state index in [2.05, 4.69) is 26.6 Å². The normalized spacial score (nSPS) is 11.5. The molecular formula is C12H13BrClN3O4. The topological polar surface area (TPSA) is 122 Å². The maximum atomic E-state index is 11.7. The maximum Gasteiger partial charge on any atom is 0.326 e. The van der Waals surface area contributed by atoms with Gasteiger partial charge in [-0.3, -0.25) is 4.79 Å². The fraction of sp³-hybridized carbons (Fsp3) is 0.250. The van der Waals surface area contributed by atoms with Crippen molar-refractivity contribution in [2.45, 2.75) is 18.9 Å². The van der Waals surface area contributed by atoms with Crippen molar-refractivity contribution in [2.24, 2.45) is 5.73 Å². The predicted octanol–water partition coefficient (Wildman–Crippen LogP) is 1.94. The van der Waals surface area contributed by atoms with Gasteiger partial charge in [-0.2, -0.15) is 0 Å². The number of nitrogens with two attached hydrogens (primary N) is 1. The van der Waals surface area contributed by atoms with Crippen LogP contribution in [0.5, 0.6) is 0 Å². The van der Waals surface area contributed by atoms with Crippen molar-refractivity contribution in [2.75, 3.05) is 5.32 Å². The van der Waals surface area contributed by atoms with E-state index in [4.69, 9.17) is 22.4 Å². The second kappa shape index (κ2) is 7.84. The van der Waals surface area contributed by atoms with Gasteiger partial charge in [0.25, 0.3) is 0 Å². The fourth-order valence-corrected chi connectivity index (χ4v) is 1.87. The Hall–Kier alpha value is -1.80. The van der Waals surface area contributed by atoms with E-state index < -0.39 is 23.9 Å². The molecule has 21 heavy (non-hydrogen) atoms. The molecule has 0 aliphatic heterocycles. The summed E-state index contributed by atoms with van der Waals surface area (Å²) in [6, 6.07) is 2.81. The van der Waals surface area contributed by atoms with Gasteiger partial charge in [0.05, 0.1) is 5.02 Å². The molecule has 0 saturated carbocycles. The molecule has 3 amide bonds. The van der Waals surface area contributed by atoms with Crippen LogP contribution in [0, 0.1) is 0 Å². The van der Waals surface area contributed by atoms with E-state index in [0.29, 0.717) is 15.2 Å². The van der Waals surface area contributed by atoms with Crippen molar-refractivity contribution < 1.29 is 19.5 Å². The number of nitrogens with one attached hydrogen (secondary N) is 2. The largest absolute Gasteiger partial charge is 0.480 e. The van der Waals surface area contributed by atoms with Crippen molar-refractivity contribution in [3.05, 3.63) is 27.7 Å². The van der Waals surface area contributed by atoms with Crippen LogP contribution in [0.15, 0.2) is 22.7 Å². The molecule has 5 N–H and O–H groups in total. The molecule has 7 nitrogen and oxygen atoms in total. The minimum Gasteiger partial charge on any atom is -0.480 e. The van der Waals surface area contributed by atoms with Gasteiger partial charge in [-0.05, 0) is 40.5 Å². The molecule has 0 bridgehead atoms. The lowest BCUT2D eigenvalue weighted by Crippen LogP contribution is -2.43. The van der Waals surface area contributed by atoms with E-state index in [1.807, 2.05) is 0 Å². The zero-order valence-electron chi connectivity index (χ0n) is 10.7. The smallest absolute Gasteiger partial charge is 0.326 e. The summed E-state index contributed by atoms with van der Waals surface area (Å²) in [4.78, 5) is 33.3. The van der Waals surface area contributed by atoms with Crippen LogP contribution in [0.1, 0.15) is 12.8 Å². The molecule has 1 unspecified atom stereocenters. The Balaban J connectivity index is 2.62. The Bertz CT molecular complexity index is 567. The highest BCUT2D eigenvalue weighted by molar-refractivity contribution is 9.10. The molecule has 0 saturated heterocycles. The number of carboxylic acid groups (broad SMARTS) is 1. The van der Waals surface area contributed by atoms with Gasteiger partial charge in [0, 0.05) is 16.6 Å². The Morgan fingerprint density at radius 2 is 2.05 bits per heavy atom. The second-order valence-corrected chi connectivity index (χ2v) is 5.38. The number of carbonyl (C=O) groups excluding carboxylic acids is 2. The number of urea groups is 1. The Labute approximate surface area is 134 Å². The summed E-state index contributed by atoms with van der Waals surface area (Å²) in [6.07, 6.45) is -0.222. The van der Waals surface area contributed by atoms with Crippen LogP contribution in [0.2, 0.25) is 5.02 Å². The number of anilines is 1. The number of carbonyl (C=O) groups is 3. The van der Waals surface area contributed by atoms with Crippen molar-refractivity contribution >= 4 is 51.1 Å². The molecule has 0 aromatic heterocycles. The molecule has 0 radical (unpaired) electrons. The Kier molecular flexibility index (Phi) is 6.44. The quantitative estimate of drug-likeness (QED) is 0.604. The number of rotatable bonds is 6. The summed E-state index contributed by atoms with van der Waals surface area (Å²) in [5.74, 6) is -1.89. The second-order valence-electron chi connectivity index (χ2n) is 4.12. The highest BCUT2D eigenvalue weighted by atomic mass is 79.9. The monoisotopic (exact) mass is 377 g/mol. The van der Waals surface area contributed by atoms with Gasteiger partial charge in [-0.15, -0.1) is 0 Å². The first kappa shape index (κ1) is 17.3. The lowest BCUT2D eigenvalue weighted by molar-refractivity contribution is -0.139. The molecular weight excluding hydrogens is 366 g/mol. The van der Waals surface area contributed by atoms with Gasteiger partial charge >= 0.3 is 12.0 Å².